The third kappa shape index (κ3) is 7.53. The van der Waals surface area contributed by atoms with E-state index in [1.54, 1.807) is 6.92 Å². The molecule has 0 aromatic heterocycles. The summed E-state index contributed by atoms with van der Waals surface area (Å²) >= 11 is 0. The zero-order valence-electron chi connectivity index (χ0n) is 7.72. The molecule has 11 heavy (non-hydrogen) atoms. The lowest BCUT2D eigenvalue weighted by molar-refractivity contribution is -0.119. The highest BCUT2D eigenvalue weighted by Gasteiger charge is 2.03. The van der Waals surface area contributed by atoms with Gasteiger partial charge in [0.2, 0.25) is 0 Å². The summed E-state index contributed by atoms with van der Waals surface area (Å²) in [4.78, 5) is 10.6. The van der Waals surface area contributed by atoms with E-state index in [2.05, 4.69) is 6.92 Å². The standard InChI is InChI=1S/C9H18O2/c1-4-5-6-11-9(3)7-8(2)10/h9H,4-7H2,1-3H3/t9-/m0/s1. The maximum Gasteiger partial charge on any atom is 0.132 e. The molecule has 0 fully saturated rings. The Balaban J connectivity index is 3.22. The van der Waals surface area contributed by atoms with Crippen LogP contribution >= 0.6 is 0 Å². The van der Waals surface area contributed by atoms with Crippen molar-refractivity contribution in [3.63, 3.8) is 0 Å². The maximum atomic E-state index is 10.6. The number of ether oxygens (including phenoxy) is 1. The Labute approximate surface area is 68.9 Å². The van der Waals surface area contributed by atoms with Crippen LogP contribution in [-0.2, 0) is 9.53 Å². The molecule has 0 saturated carbocycles. The molecular weight excluding hydrogens is 140 g/mol. The summed E-state index contributed by atoms with van der Waals surface area (Å²) in [7, 11) is 0. The van der Waals surface area contributed by atoms with Gasteiger partial charge in [0, 0.05) is 13.0 Å². The third-order valence-electron chi connectivity index (χ3n) is 1.48. The lowest BCUT2D eigenvalue weighted by Crippen LogP contribution is -2.12. The fourth-order valence-electron chi connectivity index (χ4n) is 0.893. The van der Waals surface area contributed by atoms with Crippen molar-refractivity contribution in [2.24, 2.45) is 0 Å². The predicted octanol–water partition coefficient (Wildman–Crippen LogP) is 2.17. The van der Waals surface area contributed by atoms with E-state index in [4.69, 9.17) is 4.74 Å². The Morgan fingerprint density at radius 1 is 1.55 bits per heavy atom. The molecule has 0 heterocycles. The van der Waals surface area contributed by atoms with Crippen LogP contribution in [0, 0.1) is 0 Å². The minimum Gasteiger partial charge on any atom is -0.378 e. The van der Waals surface area contributed by atoms with Crippen LogP contribution in [0.25, 0.3) is 0 Å². The Kier molecular flexibility index (Phi) is 6.13. The molecule has 0 spiro atoms. The van der Waals surface area contributed by atoms with Gasteiger partial charge in [-0.15, -0.1) is 0 Å². The highest BCUT2D eigenvalue weighted by atomic mass is 16.5. The molecular formula is C9H18O2. The number of carbonyl (C=O) groups is 1. The average Bonchev–Trinajstić information content (AvgIpc) is 1.86. The molecule has 1 atom stereocenters. The van der Waals surface area contributed by atoms with Crippen molar-refractivity contribution in [2.45, 2.75) is 46.1 Å². The summed E-state index contributed by atoms with van der Waals surface area (Å²) in [5.41, 5.74) is 0. The van der Waals surface area contributed by atoms with Gasteiger partial charge in [-0.25, -0.2) is 0 Å². The molecule has 0 N–H and O–H groups in total. The maximum absolute atomic E-state index is 10.6. The molecule has 0 aliphatic heterocycles. The topological polar surface area (TPSA) is 26.3 Å². The quantitative estimate of drug-likeness (QED) is 0.554. The van der Waals surface area contributed by atoms with Gasteiger partial charge < -0.3 is 4.74 Å². The second kappa shape index (κ2) is 6.35. The summed E-state index contributed by atoms with van der Waals surface area (Å²) < 4.78 is 5.37. The number of rotatable bonds is 6. The summed E-state index contributed by atoms with van der Waals surface area (Å²) in [5, 5.41) is 0. The van der Waals surface area contributed by atoms with Crippen LogP contribution in [0.2, 0.25) is 0 Å². The van der Waals surface area contributed by atoms with Crippen LogP contribution in [0.15, 0.2) is 0 Å². The molecule has 0 rings (SSSR count). The van der Waals surface area contributed by atoms with Crippen LogP contribution in [0.3, 0.4) is 0 Å². The molecule has 0 radical (unpaired) electrons. The highest BCUT2D eigenvalue weighted by Crippen LogP contribution is 1.99. The van der Waals surface area contributed by atoms with E-state index in [1.807, 2.05) is 6.92 Å². The van der Waals surface area contributed by atoms with Gasteiger partial charge in [-0.1, -0.05) is 13.3 Å². The molecule has 2 heteroatoms. The predicted molar refractivity (Wildman–Crippen MR) is 45.6 cm³/mol. The summed E-state index contributed by atoms with van der Waals surface area (Å²) in [6.45, 7) is 6.45. The molecule has 0 aromatic rings. The van der Waals surface area contributed by atoms with E-state index < -0.39 is 0 Å². The first-order valence-electron chi connectivity index (χ1n) is 4.27. The zero-order chi connectivity index (χ0) is 8.69. The van der Waals surface area contributed by atoms with Gasteiger partial charge >= 0.3 is 0 Å². The van der Waals surface area contributed by atoms with Crippen LogP contribution in [-0.4, -0.2) is 18.5 Å². The Hall–Kier alpha value is -0.370. The minimum absolute atomic E-state index is 0.0963. The first kappa shape index (κ1) is 10.6. The van der Waals surface area contributed by atoms with Crippen molar-refractivity contribution in [3.8, 4) is 0 Å². The first-order chi connectivity index (χ1) is 5.16. The third-order valence-corrected chi connectivity index (χ3v) is 1.48. The second-order valence-corrected chi connectivity index (χ2v) is 2.94. The lowest BCUT2D eigenvalue weighted by Gasteiger charge is -2.09. The van der Waals surface area contributed by atoms with Gasteiger partial charge in [0.1, 0.15) is 5.78 Å². The average molecular weight is 158 g/mol. The van der Waals surface area contributed by atoms with Crippen molar-refractivity contribution in [1.29, 1.82) is 0 Å². The van der Waals surface area contributed by atoms with Gasteiger partial charge in [0.25, 0.3) is 0 Å². The van der Waals surface area contributed by atoms with Gasteiger partial charge in [-0.3, -0.25) is 4.79 Å². The van der Waals surface area contributed by atoms with Gasteiger partial charge in [-0.2, -0.15) is 0 Å². The zero-order valence-corrected chi connectivity index (χ0v) is 7.72. The van der Waals surface area contributed by atoms with Crippen LogP contribution in [0.5, 0.6) is 0 Å². The lowest BCUT2D eigenvalue weighted by atomic mass is 10.2. The SMILES string of the molecule is CCCCO[C@@H](C)CC(C)=O. The number of hydrogen-bond acceptors (Lipinski definition) is 2. The molecule has 0 aromatic carbocycles. The van der Waals surface area contributed by atoms with E-state index in [-0.39, 0.29) is 11.9 Å². The van der Waals surface area contributed by atoms with Crippen LogP contribution < -0.4 is 0 Å². The first-order valence-corrected chi connectivity index (χ1v) is 4.27. The van der Waals surface area contributed by atoms with Crippen LogP contribution in [0.1, 0.15) is 40.0 Å². The van der Waals surface area contributed by atoms with E-state index in [0.717, 1.165) is 19.4 Å². The summed E-state index contributed by atoms with van der Waals surface area (Å²) in [6, 6.07) is 0. The van der Waals surface area contributed by atoms with Gasteiger partial charge in [0.05, 0.1) is 6.10 Å². The molecule has 0 saturated heterocycles. The number of ketones is 1. The smallest absolute Gasteiger partial charge is 0.132 e. The molecule has 0 aliphatic rings. The monoisotopic (exact) mass is 158 g/mol. The minimum atomic E-state index is 0.0963. The molecule has 2 nitrogen and oxygen atoms in total. The largest absolute Gasteiger partial charge is 0.378 e. The number of hydrogen-bond donors (Lipinski definition) is 0. The fourth-order valence-corrected chi connectivity index (χ4v) is 0.893. The van der Waals surface area contributed by atoms with Crippen molar-refractivity contribution in [2.75, 3.05) is 6.61 Å². The van der Waals surface area contributed by atoms with E-state index >= 15 is 0 Å². The number of carbonyl (C=O) groups excluding carboxylic acids is 1. The highest BCUT2D eigenvalue weighted by molar-refractivity contribution is 5.75. The normalized spacial score (nSPS) is 13.0. The molecule has 0 bridgehead atoms. The van der Waals surface area contributed by atoms with E-state index in [0.29, 0.717) is 6.42 Å². The summed E-state index contributed by atoms with van der Waals surface area (Å²) in [5.74, 6) is 0.203. The number of Topliss-reactive ketones (excluding diaryl/α,β-unsaturated/α-hetero) is 1. The van der Waals surface area contributed by atoms with Gasteiger partial charge in [0.15, 0.2) is 0 Å². The molecule has 0 unspecified atom stereocenters. The van der Waals surface area contributed by atoms with E-state index in [9.17, 15) is 4.79 Å². The Bertz CT molecular complexity index is 110. The van der Waals surface area contributed by atoms with Crippen molar-refractivity contribution in [3.05, 3.63) is 0 Å². The Morgan fingerprint density at radius 2 is 2.18 bits per heavy atom. The Morgan fingerprint density at radius 3 is 2.64 bits per heavy atom. The molecule has 66 valence electrons. The molecule has 0 aliphatic carbocycles. The van der Waals surface area contributed by atoms with Gasteiger partial charge in [-0.05, 0) is 20.3 Å². The number of unbranched alkanes of at least 4 members (excludes halogenated alkanes) is 1. The fraction of sp³-hybridized carbons (Fsp3) is 0.889. The summed E-state index contributed by atoms with van der Waals surface area (Å²) in [6.07, 6.45) is 2.87. The van der Waals surface area contributed by atoms with Crippen molar-refractivity contribution in [1.82, 2.24) is 0 Å². The molecule has 0 amide bonds. The van der Waals surface area contributed by atoms with Crippen molar-refractivity contribution >= 4 is 5.78 Å². The van der Waals surface area contributed by atoms with Crippen LogP contribution in [0.4, 0.5) is 0 Å². The van der Waals surface area contributed by atoms with Crippen molar-refractivity contribution < 1.29 is 9.53 Å². The van der Waals surface area contributed by atoms with E-state index in [1.165, 1.54) is 0 Å². The second-order valence-electron chi connectivity index (χ2n) is 2.94.